The normalized spacial score (nSPS) is 19.5. The van der Waals surface area contributed by atoms with Crippen LogP contribution in [0.2, 0.25) is 0 Å². The van der Waals surface area contributed by atoms with Gasteiger partial charge in [0.05, 0.1) is 24.9 Å². The number of thiocarbonyl (C=S) groups is 1. The van der Waals surface area contributed by atoms with Crippen molar-refractivity contribution in [1.82, 2.24) is 10.3 Å². The van der Waals surface area contributed by atoms with Gasteiger partial charge in [-0.1, -0.05) is 12.1 Å². The quantitative estimate of drug-likeness (QED) is 0.565. The third kappa shape index (κ3) is 3.22. The summed E-state index contributed by atoms with van der Waals surface area (Å²) < 4.78 is 6.47. The van der Waals surface area contributed by atoms with Gasteiger partial charge in [0.1, 0.15) is 5.75 Å². The van der Waals surface area contributed by atoms with E-state index in [1.165, 1.54) is 4.88 Å². The highest BCUT2D eigenvalue weighted by atomic mass is 79.9. The summed E-state index contributed by atoms with van der Waals surface area (Å²) in [5, 5.41) is 6.24. The van der Waals surface area contributed by atoms with Gasteiger partial charge < -0.3 is 15.0 Å². The van der Waals surface area contributed by atoms with Crippen molar-refractivity contribution in [3.05, 3.63) is 75.2 Å². The largest absolute Gasteiger partial charge is 0.497 e. The van der Waals surface area contributed by atoms with Crippen LogP contribution in [0.3, 0.4) is 0 Å². The monoisotopic (exact) mass is 445 g/mol. The standard InChI is InChI=1S/C19H16BrN3OS2/c1-24-14-6-4-5-13(10-14)23-18(16-9-12(20)11-26-16)17(22-19(23)25)15-7-2-3-8-21-15/h2-11,17-18H,1H3,(H,22,25)/t17-,18+/m0/s1. The van der Waals surface area contributed by atoms with Gasteiger partial charge in [0.15, 0.2) is 5.11 Å². The zero-order valence-electron chi connectivity index (χ0n) is 13.9. The second-order valence-electron chi connectivity index (χ2n) is 5.87. The molecule has 2 atom stereocenters. The van der Waals surface area contributed by atoms with Crippen LogP contribution in [0, 0.1) is 0 Å². The molecule has 1 saturated heterocycles. The Labute approximate surface area is 170 Å². The Morgan fingerprint density at radius 2 is 2.12 bits per heavy atom. The van der Waals surface area contributed by atoms with Crippen molar-refractivity contribution in [3.63, 3.8) is 0 Å². The molecular formula is C19H16BrN3OS2. The molecule has 7 heteroatoms. The van der Waals surface area contributed by atoms with Gasteiger partial charge >= 0.3 is 0 Å². The van der Waals surface area contributed by atoms with E-state index < -0.39 is 0 Å². The summed E-state index contributed by atoms with van der Waals surface area (Å²) in [6.07, 6.45) is 1.82. The Hall–Kier alpha value is -1.96. The molecule has 3 aromatic rings. The smallest absolute Gasteiger partial charge is 0.174 e. The van der Waals surface area contributed by atoms with Gasteiger partial charge in [-0.15, -0.1) is 11.3 Å². The number of rotatable bonds is 4. The fraction of sp³-hybridized carbons (Fsp3) is 0.158. The van der Waals surface area contributed by atoms with E-state index in [0.717, 1.165) is 21.6 Å². The first-order chi connectivity index (χ1) is 12.7. The first-order valence-corrected chi connectivity index (χ1v) is 10.1. The van der Waals surface area contributed by atoms with E-state index in [0.29, 0.717) is 5.11 Å². The van der Waals surface area contributed by atoms with Crippen LogP contribution in [-0.2, 0) is 0 Å². The van der Waals surface area contributed by atoms with Gasteiger partial charge in [0.25, 0.3) is 0 Å². The SMILES string of the molecule is COc1cccc(N2C(=S)N[C@@H](c3ccccn3)[C@H]2c2cc(Br)cs2)c1. The van der Waals surface area contributed by atoms with Gasteiger partial charge in [0.2, 0.25) is 0 Å². The number of methoxy groups -OCH3 is 1. The molecule has 0 aliphatic carbocycles. The van der Waals surface area contributed by atoms with Gasteiger partial charge in [-0.05, 0) is 58.5 Å². The third-order valence-electron chi connectivity index (χ3n) is 4.31. The predicted octanol–water partition coefficient (Wildman–Crippen LogP) is 5.09. The fourth-order valence-electron chi connectivity index (χ4n) is 3.17. The Morgan fingerprint density at radius 1 is 1.23 bits per heavy atom. The van der Waals surface area contributed by atoms with E-state index in [2.05, 4.69) is 42.6 Å². The number of anilines is 1. The Bertz CT molecular complexity index is 931. The molecule has 1 N–H and O–H groups in total. The number of aromatic nitrogens is 1. The second-order valence-corrected chi connectivity index (χ2v) is 8.11. The van der Waals surface area contributed by atoms with Crippen LogP contribution in [0.4, 0.5) is 5.69 Å². The van der Waals surface area contributed by atoms with Crippen molar-refractivity contribution in [2.75, 3.05) is 12.0 Å². The molecule has 1 fully saturated rings. The Kier molecular flexibility index (Phi) is 4.93. The van der Waals surface area contributed by atoms with E-state index in [-0.39, 0.29) is 12.1 Å². The Morgan fingerprint density at radius 3 is 2.81 bits per heavy atom. The lowest BCUT2D eigenvalue weighted by Crippen LogP contribution is -2.29. The maximum atomic E-state index is 5.70. The van der Waals surface area contributed by atoms with Crippen LogP contribution in [0.15, 0.2) is 64.6 Å². The van der Waals surface area contributed by atoms with Crippen molar-refractivity contribution in [2.24, 2.45) is 0 Å². The van der Waals surface area contributed by atoms with E-state index >= 15 is 0 Å². The van der Waals surface area contributed by atoms with Crippen LogP contribution in [0.5, 0.6) is 5.75 Å². The number of hydrogen-bond acceptors (Lipinski definition) is 4. The summed E-state index contributed by atoms with van der Waals surface area (Å²) >= 11 is 11.0. The van der Waals surface area contributed by atoms with Crippen LogP contribution in [0.25, 0.3) is 0 Å². The predicted molar refractivity (Wildman–Crippen MR) is 113 cm³/mol. The van der Waals surface area contributed by atoms with Crippen LogP contribution < -0.4 is 15.0 Å². The third-order valence-corrected chi connectivity index (χ3v) is 6.39. The number of benzene rings is 1. The second kappa shape index (κ2) is 7.34. The van der Waals surface area contributed by atoms with Crippen molar-refractivity contribution < 1.29 is 4.74 Å². The van der Waals surface area contributed by atoms with Crippen molar-refractivity contribution in [2.45, 2.75) is 12.1 Å². The molecule has 0 unspecified atom stereocenters. The minimum Gasteiger partial charge on any atom is -0.497 e. The van der Waals surface area contributed by atoms with Gasteiger partial charge in [-0.2, -0.15) is 0 Å². The molecule has 1 aliphatic heterocycles. The van der Waals surface area contributed by atoms with Crippen LogP contribution in [-0.4, -0.2) is 17.2 Å². The molecule has 1 aliphatic rings. The summed E-state index contributed by atoms with van der Waals surface area (Å²) in [5.41, 5.74) is 1.96. The lowest BCUT2D eigenvalue weighted by atomic mass is 10.0. The summed E-state index contributed by atoms with van der Waals surface area (Å²) in [5.74, 6) is 0.803. The molecule has 0 radical (unpaired) electrons. The lowest BCUT2D eigenvalue weighted by molar-refractivity contribution is 0.415. The van der Waals surface area contributed by atoms with E-state index in [9.17, 15) is 0 Å². The summed E-state index contributed by atoms with van der Waals surface area (Å²) in [6, 6.07) is 16.1. The number of nitrogens with one attached hydrogen (secondary N) is 1. The maximum absolute atomic E-state index is 5.70. The topological polar surface area (TPSA) is 37.4 Å². The number of ether oxygens (including phenoxy) is 1. The first kappa shape index (κ1) is 17.5. The molecule has 4 nitrogen and oxygen atoms in total. The van der Waals surface area contributed by atoms with Crippen molar-refractivity contribution >= 4 is 50.3 Å². The molecule has 1 aromatic carbocycles. The molecule has 132 valence electrons. The molecule has 0 bridgehead atoms. The average Bonchev–Trinajstić information content (AvgIpc) is 3.25. The molecule has 0 amide bonds. The summed E-state index contributed by atoms with van der Waals surface area (Å²) in [7, 11) is 1.67. The van der Waals surface area contributed by atoms with Gasteiger partial charge in [-0.25, -0.2) is 0 Å². The van der Waals surface area contributed by atoms with E-state index in [1.54, 1.807) is 18.4 Å². The van der Waals surface area contributed by atoms with Gasteiger partial charge in [-0.3, -0.25) is 4.98 Å². The van der Waals surface area contributed by atoms with Crippen LogP contribution in [0.1, 0.15) is 22.7 Å². The highest BCUT2D eigenvalue weighted by Crippen LogP contribution is 2.44. The average molecular weight is 446 g/mol. The zero-order chi connectivity index (χ0) is 18.1. The van der Waals surface area contributed by atoms with Gasteiger partial charge in [0, 0.05) is 32.7 Å². The zero-order valence-corrected chi connectivity index (χ0v) is 17.1. The fourth-order valence-corrected chi connectivity index (χ4v) is 5.08. The number of thiophene rings is 1. The minimum atomic E-state index is -0.0274. The number of nitrogens with zero attached hydrogens (tertiary/aromatic N) is 2. The number of halogens is 1. The minimum absolute atomic E-state index is 0.0146. The van der Waals surface area contributed by atoms with E-state index in [1.807, 2.05) is 48.7 Å². The van der Waals surface area contributed by atoms with Crippen molar-refractivity contribution in [3.8, 4) is 5.75 Å². The number of pyridine rings is 1. The van der Waals surface area contributed by atoms with Crippen molar-refractivity contribution in [1.29, 1.82) is 0 Å². The van der Waals surface area contributed by atoms with E-state index in [4.69, 9.17) is 17.0 Å². The molecule has 2 aromatic heterocycles. The maximum Gasteiger partial charge on any atom is 0.174 e. The lowest BCUT2D eigenvalue weighted by Gasteiger charge is -2.27. The number of hydrogen-bond donors (Lipinski definition) is 1. The summed E-state index contributed by atoms with van der Waals surface area (Å²) in [6.45, 7) is 0. The molecule has 0 spiro atoms. The first-order valence-electron chi connectivity index (χ1n) is 8.06. The molecule has 3 heterocycles. The molecule has 26 heavy (non-hydrogen) atoms. The van der Waals surface area contributed by atoms with Crippen LogP contribution >= 0.6 is 39.5 Å². The highest BCUT2D eigenvalue weighted by molar-refractivity contribution is 9.10. The highest BCUT2D eigenvalue weighted by Gasteiger charge is 2.41. The molecular weight excluding hydrogens is 430 g/mol. The molecule has 0 saturated carbocycles. The molecule has 4 rings (SSSR count). The Balaban J connectivity index is 1.82. The summed E-state index contributed by atoms with van der Waals surface area (Å²) in [4.78, 5) is 7.92.